The second-order valence-electron chi connectivity index (χ2n) is 4.55. The molecule has 1 fully saturated rings. The first kappa shape index (κ1) is 12.8. The number of halogens is 1. The van der Waals surface area contributed by atoms with Gasteiger partial charge in [0.25, 0.3) is 0 Å². The van der Waals surface area contributed by atoms with Crippen molar-refractivity contribution in [1.29, 1.82) is 0 Å². The Morgan fingerprint density at radius 2 is 2.22 bits per heavy atom. The first-order chi connectivity index (χ1) is 8.58. The van der Waals surface area contributed by atoms with Gasteiger partial charge in [-0.3, -0.25) is 0 Å². The molecule has 0 amide bonds. The molecule has 1 aliphatic carbocycles. The molecule has 1 aliphatic rings. The van der Waals surface area contributed by atoms with Crippen LogP contribution in [-0.2, 0) is 0 Å². The van der Waals surface area contributed by atoms with Crippen molar-refractivity contribution < 1.29 is 14.3 Å². The van der Waals surface area contributed by atoms with E-state index in [-0.39, 0.29) is 23.5 Å². The van der Waals surface area contributed by atoms with Crippen LogP contribution in [0.3, 0.4) is 0 Å². The number of anilines is 1. The van der Waals surface area contributed by atoms with Gasteiger partial charge in [0.2, 0.25) is 0 Å². The zero-order valence-electron chi connectivity index (χ0n) is 9.90. The lowest BCUT2D eigenvalue weighted by Gasteiger charge is -2.30. The highest BCUT2D eigenvalue weighted by Gasteiger charge is 2.24. The normalized spacial score (nSPS) is 23.7. The summed E-state index contributed by atoms with van der Waals surface area (Å²) in [6.45, 7) is 0. The topological polar surface area (TPSA) is 88.2 Å². The largest absolute Gasteiger partial charge is 0.478 e. The zero-order chi connectivity index (χ0) is 13.1. The van der Waals surface area contributed by atoms with Crippen LogP contribution in [0.15, 0.2) is 12.3 Å². The van der Waals surface area contributed by atoms with E-state index in [1.807, 2.05) is 0 Å². The van der Waals surface area contributed by atoms with Gasteiger partial charge in [0.05, 0.1) is 6.20 Å². The van der Waals surface area contributed by atoms with E-state index in [9.17, 15) is 9.18 Å². The first-order valence-corrected chi connectivity index (χ1v) is 5.99. The third-order valence-electron chi connectivity index (χ3n) is 3.23. The van der Waals surface area contributed by atoms with Crippen molar-refractivity contribution in [3.05, 3.63) is 23.6 Å². The molecule has 1 aromatic heterocycles. The van der Waals surface area contributed by atoms with E-state index in [1.54, 1.807) is 0 Å². The van der Waals surface area contributed by atoms with Gasteiger partial charge in [0.15, 0.2) is 0 Å². The smallest absolute Gasteiger partial charge is 0.339 e. The number of carbonyl (C=O) groups is 1. The minimum atomic E-state index is -1.20. The molecule has 98 valence electrons. The molecule has 2 rings (SSSR count). The quantitative estimate of drug-likeness (QED) is 0.761. The highest BCUT2D eigenvalue weighted by molar-refractivity contribution is 5.93. The van der Waals surface area contributed by atoms with Crippen molar-refractivity contribution in [2.24, 2.45) is 5.73 Å². The molecule has 0 saturated heterocycles. The fourth-order valence-electron chi connectivity index (χ4n) is 2.23. The number of nitrogens with one attached hydrogen (secondary N) is 1. The van der Waals surface area contributed by atoms with Gasteiger partial charge < -0.3 is 16.2 Å². The second-order valence-corrected chi connectivity index (χ2v) is 4.55. The zero-order valence-corrected chi connectivity index (χ0v) is 9.90. The number of pyridine rings is 1. The minimum Gasteiger partial charge on any atom is -0.478 e. The summed E-state index contributed by atoms with van der Waals surface area (Å²) in [5.74, 6) is -1.67. The van der Waals surface area contributed by atoms with Crippen LogP contribution >= 0.6 is 0 Å². The summed E-state index contributed by atoms with van der Waals surface area (Å²) in [6, 6.07) is 0.938. The van der Waals surface area contributed by atoms with Crippen LogP contribution < -0.4 is 11.1 Å². The average Bonchev–Trinajstić information content (AvgIpc) is 2.34. The van der Waals surface area contributed by atoms with Gasteiger partial charge in [-0.15, -0.1) is 0 Å². The van der Waals surface area contributed by atoms with Gasteiger partial charge in [-0.25, -0.2) is 14.2 Å². The molecule has 0 bridgehead atoms. The summed E-state index contributed by atoms with van der Waals surface area (Å²) in [5, 5.41) is 12.0. The van der Waals surface area contributed by atoms with Crippen LogP contribution in [0.4, 0.5) is 10.2 Å². The Morgan fingerprint density at radius 3 is 2.89 bits per heavy atom. The maximum atomic E-state index is 13.0. The molecule has 0 aromatic carbocycles. The summed E-state index contributed by atoms with van der Waals surface area (Å²) < 4.78 is 13.0. The van der Waals surface area contributed by atoms with Crippen molar-refractivity contribution in [3.63, 3.8) is 0 Å². The molecule has 0 aliphatic heterocycles. The van der Waals surface area contributed by atoms with Crippen molar-refractivity contribution >= 4 is 11.8 Å². The Hall–Kier alpha value is -1.69. The van der Waals surface area contributed by atoms with Crippen LogP contribution in [-0.4, -0.2) is 28.1 Å². The average molecular weight is 253 g/mol. The molecule has 18 heavy (non-hydrogen) atoms. The Balaban J connectivity index is 2.20. The highest BCUT2D eigenvalue weighted by atomic mass is 19.1. The van der Waals surface area contributed by atoms with E-state index < -0.39 is 11.8 Å². The Labute approximate surface area is 104 Å². The summed E-state index contributed by atoms with van der Waals surface area (Å²) in [7, 11) is 0. The van der Waals surface area contributed by atoms with Crippen molar-refractivity contribution in [1.82, 2.24) is 4.98 Å². The number of aromatic carboxylic acids is 1. The van der Waals surface area contributed by atoms with Crippen LogP contribution in [0.5, 0.6) is 0 Å². The van der Waals surface area contributed by atoms with Crippen molar-refractivity contribution in [2.75, 3.05) is 5.32 Å². The molecular weight excluding hydrogens is 237 g/mol. The molecule has 0 radical (unpaired) electrons. The minimum absolute atomic E-state index is 0.00480. The molecule has 1 heterocycles. The van der Waals surface area contributed by atoms with Crippen LogP contribution in [0.1, 0.15) is 36.0 Å². The number of aromatic nitrogens is 1. The number of rotatable bonds is 3. The molecule has 4 N–H and O–H groups in total. The Bertz CT molecular complexity index is 453. The molecule has 5 nitrogen and oxygen atoms in total. The van der Waals surface area contributed by atoms with Gasteiger partial charge in [-0.2, -0.15) is 0 Å². The SMILES string of the molecule is NC1CCCCC1Nc1ncc(F)cc1C(=O)O. The number of hydrogen-bond acceptors (Lipinski definition) is 4. The van der Waals surface area contributed by atoms with Crippen LogP contribution in [0, 0.1) is 5.82 Å². The molecule has 1 aromatic rings. The van der Waals surface area contributed by atoms with E-state index in [0.717, 1.165) is 37.9 Å². The van der Waals surface area contributed by atoms with Crippen LogP contribution in [0.25, 0.3) is 0 Å². The third kappa shape index (κ3) is 2.76. The van der Waals surface area contributed by atoms with E-state index >= 15 is 0 Å². The fraction of sp³-hybridized carbons (Fsp3) is 0.500. The third-order valence-corrected chi connectivity index (χ3v) is 3.23. The first-order valence-electron chi connectivity index (χ1n) is 5.99. The number of carboxylic acids is 1. The molecule has 6 heteroatoms. The van der Waals surface area contributed by atoms with E-state index in [4.69, 9.17) is 10.8 Å². The standard InChI is InChI=1S/C12H16FN3O2/c13-7-5-8(12(17)18)11(15-6-7)16-10-4-2-1-3-9(10)14/h5-6,9-10H,1-4,14H2,(H,15,16)(H,17,18). The highest BCUT2D eigenvalue weighted by Crippen LogP contribution is 2.22. The van der Waals surface area contributed by atoms with Gasteiger partial charge >= 0.3 is 5.97 Å². The van der Waals surface area contributed by atoms with E-state index in [0.29, 0.717) is 0 Å². The molecule has 0 spiro atoms. The van der Waals surface area contributed by atoms with Gasteiger partial charge in [-0.05, 0) is 18.9 Å². The molecular formula is C12H16FN3O2. The summed E-state index contributed by atoms with van der Waals surface area (Å²) in [4.78, 5) is 14.8. The number of nitrogens with zero attached hydrogens (tertiary/aromatic N) is 1. The number of hydrogen-bond donors (Lipinski definition) is 3. The van der Waals surface area contributed by atoms with Gasteiger partial charge in [0, 0.05) is 12.1 Å². The summed E-state index contributed by atoms with van der Waals surface area (Å²) in [5.41, 5.74) is 5.81. The Kier molecular flexibility index (Phi) is 3.76. The predicted octanol–water partition coefficient (Wildman–Crippen LogP) is 1.60. The fourth-order valence-corrected chi connectivity index (χ4v) is 2.23. The van der Waals surface area contributed by atoms with E-state index in [1.165, 1.54) is 0 Å². The lowest BCUT2D eigenvalue weighted by Crippen LogP contribution is -2.43. The van der Waals surface area contributed by atoms with Crippen molar-refractivity contribution in [2.45, 2.75) is 37.8 Å². The lowest BCUT2D eigenvalue weighted by atomic mass is 9.91. The van der Waals surface area contributed by atoms with Gasteiger partial charge in [-0.1, -0.05) is 12.8 Å². The molecule has 2 unspecified atom stereocenters. The van der Waals surface area contributed by atoms with E-state index in [2.05, 4.69) is 10.3 Å². The van der Waals surface area contributed by atoms with Crippen LogP contribution in [0.2, 0.25) is 0 Å². The second kappa shape index (κ2) is 5.30. The number of nitrogens with two attached hydrogens (primary N) is 1. The van der Waals surface area contributed by atoms with Crippen molar-refractivity contribution in [3.8, 4) is 0 Å². The lowest BCUT2D eigenvalue weighted by molar-refractivity contribution is 0.0697. The monoisotopic (exact) mass is 253 g/mol. The number of carboxylic acid groups (broad SMARTS) is 1. The van der Waals surface area contributed by atoms with Gasteiger partial charge in [0.1, 0.15) is 17.2 Å². The maximum absolute atomic E-state index is 13.0. The predicted molar refractivity (Wildman–Crippen MR) is 65.0 cm³/mol. The maximum Gasteiger partial charge on any atom is 0.339 e. The summed E-state index contributed by atoms with van der Waals surface area (Å²) >= 11 is 0. The summed E-state index contributed by atoms with van der Waals surface area (Å²) in [6.07, 6.45) is 4.92. The molecule has 1 saturated carbocycles. The molecule has 2 atom stereocenters. The Morgan fingerprint density at radius 1 is 1.50 bits per heavy atom.